The Labute approximate surface area is 266 Å². The fourth-order valence-corrected chi connectivity index (χ4v) is 5.78. The van der Waals surface area contributed by atoms with Gasteiger partial charge in [0.2, 0.25) is 0 Å². The Morgan fingerprint density at radius 2 is 1.42 bits per heavy atom. The average molecular weight is 622 g/mol. The standard InChI is InChI=1S/C35H47N3O7/c1-35(2,3)45-33(41)37-22-18-27(19-23-37)24-38(34(42)44-25-28-8-6-5-7-9-28)30-13-11-29(12-14-30)32(40)36-20-16-26(17-21-36)10-15-31(39)43-4/h5-9,11-14,26-27H,10,15-25H2,1-4H3. The molecule has 0 radical (unpaired) electrons. The van der Waals surface area contributed by atoms with E-state index in [0.29, 0.717) is 56.3 Å². The van der Waals surface area contributed by atoms with Crippen LogP contribution in [0.25, 0.3) is 0 Å². The Hall–Kier alpha value is -4.08. The lowest BCUT2D eigenvalue weighted by Crippen LogP contribution is -2.44. The number of benzene rings is 2. The zero-order chi connectivity index (χ0) is 32.4. The monoisotopic (exact) mass is 621 g/mol. The molecular formula is C35H47N3O7. The third-order valence-corrected chi connectivity index (χ3v) is 8.44. The molecule has 45 heavy (non-hydrogen) atoms. The van der Waals surface area contributed by atoms with Crippen LogP contribution in [-0.2, 0) is 25.6 Å². The predicted molar refractivity (Wildman–Crippen MR) is 171 cm³/mol. The number of rotatable bonds is 9. The van der Waals surface area contributed by atoms with Crippen LogP contribution in [-0.4, -0.2) is 79.3 Å². The van der Waals surface area contributed by atoms with E-state index in [9.17, 15) is 19.2 Å². The molecule has 2 aromatic rings. The number of hydrogen-bond acceptors (Lipinski definition) is 7. The van der Waals surface area contributed by atoms with Crippen molar-refractivity contribution in [3.05, 3.63) is 65.7 Å². The van der Waals surface area contributed by atoms with Crippen molar-refractivity contribution in [1.29, 1.82) is 0 Å². The maximum atomic E-state index is 13.4. The number of methoxy groups -OCH3 is 1. The van der Waals surface area contributed by atoms with Gasteiger partial charge in [-0.05, 0) is 94.5 Å². The summed E-state index contributed by atoms with van der Waals surface area (Å²) in [5.41, 5.74) is 1.56. The molecule has 244 valence electrons. The van der Waals surface area contributed by atoms with Gasteiger partial charge in [-0.25, -0.2) is 9.59 Å². The van der Waals surface area contributed by atoms with Crippen LogP contribution in [0.4, 0.5) is 15.3 Å². The molecule has 10 nitrogen and oxygen atoms in total. The first kappa shape index (κ1) is 33.8. The van der Waals surface area contributed by atoms with E-state index in [1.54, 1.807) is 34.1 Å². The Kier molecular flexibility index (Phi) is 11.8. The highest BCUT2D eigenvalue weighted by molar-refractivity contribution is 5.95. The molecule has 0 spiro atoms. The number of hydrogen-bond donors (Lipinski definition) is 0. The maximum Gasteiger partial charge on any atom is 0.414 e. The molecule has 0 aliphatic carbocycles. The fourth-order valence-electron chi connectivity index (χ4n) is 5.78. The van der Waals surface area contributed by atoms with Crippen LogP contribution in [0, 0.1) is 11.8 Å². The Morgan fingerprint density at radius 1 is 0.822 bits per heavy atom. The van der Waals surface area contributed by atoms with E-state index in [-0.39, 0.29) is 30.5 Å². The fraction of sp³-hybridized carbons (Fsp3) is 0.543. The second-order valence-corrected chi connectivity index (χ2v) is 13.0. The predicted octanol–water partition coefficient (Wildman–Crippen LogP) is 6.28. The van der Waals surface area contributed by atoms with Crippen molar-refractivity contribution in [2.45, 2.75) is 71.5 Å². The first-order valence-electron chi connectivity index (χ1n) is 15.9. The minimum atomic E-state index is -0.553. The number of esters is 1. The lowest BCUT2D eigenvalue weighted by Gasteiger charge is -2.35. The first-order valence-corrected chi connectivity index (χ1v) is 15.9. The molecule has 10 heteroatoms. The molecule has 0 N–H and O–H groups in total. The normalized spacial score (nSPS) is 16.2. The van der Waals surface area contributed by atoms with Gasteiger partial charge in [0.25, 0.3) is 5.91 Å². The summed E-state index contributed by atoms with van der Waals surface area (Å²) < 4.78 is 16.0. The van der Waals surface area contributed by atoms with Gasteiger partial charge in [0.05, 0.1) is 7.11 Å². The molecule has 0 saturated carbocycles. The molecule has 0 unspecified atom stereocenters. The van der Waals surface area contributed by atoms with Crippen LogP contribution in [0.1, 0.15) is 75.2 Å². The molecule has 0 bridgehead atoms. The minimum Gasteiger partial charge on any atom is -0.469 e. The summed E-state index contributed by atoms with van der Waals surface area (Å²) in [6, 6.07) is 16.7. The van der Waals surface area contributed by atoms with Gasteiger partial charge < -0.3 is 24.0 Å². The van der Waals surface area contributed by atoms with E-state index in [0.717, 1.165) is 37.7 Å². The van der Waals surface area contributed by atoms with Crippen molar-refractivity contribution >= 4 is 29.8 Å². The first-order chi connectivity index (χ1) is 21.5. The van der Waals surface area contributed by atoms with E-state index in [2.05, 4.69) is 0 Å². The highest BCUT2D eigenvalue weighted by Crippen LogP contribution is 2.27. The van der Waals surface area contributed by atoms with Crippen molar-refractivity contribution < 1.29 is 33.4 Å². The van der Waals surface area contributed by atoms with Crippen molar-refractivity contribution in [2.24, 2.45) is 11.8 Å². The summed E-state index contributed by atoms with van der Waals surface area (Å²) in [7, 11) is 1.40. The number of piperidine rings is 2. The zero-order valence-electron chi connectivity index (χ0n) is 27.0. The summed E-state index contributed by atoms with van der Waals surface area (Å²) in [4.78, 5) is 56.0. The highest BCUT2D eigenvalue weighted by atomic mass is 16.6. The number of carbonyl (C=O) groups is 4. The molecule has 2 saturated heterocycles. The lowest BCUT2D eigenvalue weighted by molar-refractivity contribution is -0.141. The van der Waals surface area contributed by atoms with Gasteiger partial charge in [0.1, 0.15) is 12.2 Å². The average Bonchev–Trinajstić information content (AvgIpc) is 3.05. The molecule has 0 aromatic heterocycles. The van der Waals surface area contributed by atoms with Crippen molar-refractivity contribution in [3.63, 3.8) is 0 Å². The summed E-state index contributed by atoms with van der Waals surface area (Å²) in [6.45, 7) is 8.55. The largest absolute Gasteiger partial charge is 0.469 e. The molecule has 3 amide bonds. The summed E-state index contributed by atoms with van der Waals surface area (Å²) in [5, 5.41) is 0. The quantitative estimate of drug-likeness (QED) is 0.240. The van der Waals surface area contributed by atoms with Crippen LogP contribution in [0.2, 0.25) is 0 Å². The van der Waals surface area contributed by atoms with Gasteiger partial charge in [-0.1, -0.05) is 30.3 Å². The van der Waals surface area contributed by atoms with Gasteiger partial charge in [0, 0.05) is 50.4 Å². The van der Waals surface area contributed by atoms with Gasteiger partial charge in [-0.2, -0.15) is 0 Å². The van der Waals surface area contributed by atoms with E-state index in [1.165, 1.54) is 7.11 Å². The second-order valence-electron chi connectivity index (χ2n) is 13.0. The number of likely N-dealkylation sites (tertiary alicyclic amines) is 2. The number of amides is 3. The molecular weight excluding hydrogens is 574 g/mol. The van der Waals surface area contributed by atoms with Crippen LogP contribution < -0.4 is 4.90 Å². The third kappa shape index (κ3) is 10.2. The molecule has 2 aromatic carbocycles. The smallest absolute Gasteiger partial charge is 0.414 e. The number of carbonyl (C=O) groups excluding carboxylic acids is 4. The topological polar surface area (TPSA) is 106 Å². The van der Waals surface area contributed by atoms with Gasteiger partial charge in [-0.15, -0.1) is 0 Å². The van der Waals surface area contributed by atoms with Gasteiger partial charge >= 0.3 is 18.2 Å². The van der Waals surface area contributed by atoms with Crippen LogP contribution in [0.5, 0.6) is 0 Å². The van der Waals surface area contributed by atoms with E-state index >= 15 is 0 Å². The van der Waals surface area contributed by atoms with E-state index < -0.39 is 11.7 Å². The zero-order valence-corrected chi connectivity index (χ0v) is 27.0. The maximum absolute atomic E-state index is 13.4. The van der Waals surface area contributed by atoms with Crippen LogP contribution in [0.3, 0.4) is 0 Å². The van der Waals surface area contributed by atoms with Crippen LogP contribution in [0.15, 0.2) is 54.6 Å². The molecule has 2 fully saturated rings. The SMILES string of the molecule is COC(=O)CCC1CCN(C(=O)c2ccc(N(CC3CCN(C(=O)OC(C)(C)C)CC3)C(=O)OCc3ccccc3)cc2)CC1. The summed E-state index contributed by atoms with van der Waals surface area (Å²) in [6.07, 6.45) is 3.58. The Morgan fingerprint density at radius 3 is 2.02 bits per heavy atom. The molecule has 4 rings (SSSR count). The van der Waals surface area contributed by atoms with Gasteiger partial charge in [-0.3, -0.25) is 14.5 Å². The lowest BCUT2D eigenvalue weighted by atomic mass is 9.92. The summed E-state index contributed by atoms with van der Waals surface area (Å²) >= 11 is 0. The number of ether oxygens (including phenoxy) is 3. The van der Waals surface area contributed by atoms with Gasteiger partial charge in [0.15, 0.2) is 0 Å². The Balaban J connectivity index is 1.38. The highest BCUT2D eigenvalue weighted by Gasteiger charge is 2.30. The molecule has 2 aliphatic rings. The summed E-state index contributed by atoms with van der Waals surface area (Å²) in [5.74, 6) is 0.329. The molecule has 0 atom stereocenters. The minimum absolute atomic E-state index is 0.0410. The molecule has 2 aliphatic heterocycles. The van der Waals surface area contributed by atoms with E-state index in [1.807, 2.05) is 56.0 Å². The van der Waals surface area contributed by atoms with Crippen molar-refractivity contribution in [3.8, 4) is 0 Å². The third-order valence-electron chi connectivity index (χ3n) is 8.44. The molecule has 2 heterocycles. The van der Waals surface area contributed by atoms with Crippen molar-refractivity contribution in [2.75, 3.05) is 44.7 Å². The second kappa shape index (κ2) is 15.8. The Bertz CT molecular complexity index is 1280. The number of nitrogens with zero attached hydrogens (tertiary/aromatic N) is 3. The van der Waals surface area contributed by atoms with Crippen molar-refractivity contribution in [1.82, 2.24) is 9.80 Å². The van der Waals surface area contributed by atoms with Crippen LogP contribution >= 0.6 is 0 Å². The number of anilines is 1. The van der Waals surface area contributed by atoms with E-state index in [4.69, 9.17) is 14.2 Å².